The Kier molecular flexibility index (Phi) is 8.14. The molecule has 1 fully saturated rings. The maximum absolute atomic E-state index is 13.4. The van der Waals surface area contributed by atoms with Crippen molar-refractivity contribution in [1.82, 2.24) is 9.62 Å². The minimum absolute atomic E-state index is 0.0448. The van der Waals surface area contributed by atoms with Gasteiger partial charge in [0.2, 0.25) is 15.9 Å². The SMILES string of the molecule is CC(C)Oc1ccc(CCNC(=O)C2CCN(S(=O)(=O)c3ccc(F)c(Cl)c3)CC2)cc1. The Morgan fingerprint density at radius 3 is 2.44 bits per heavy atom. The van der Waals surface area contributed by atoms with E-state index < -0.39 is 15.8 Å². The fraction of sp³-hybridized carbons (Fsp3) is 0.435. The summed E-state index contributed by atoms with van der Waals surface area (Å²) in [6.07, 6.45) is 1.68. The lowest BCUT2D eigenvalue weighted by molar-refractivity contribution is -0.126. The van der Waals surface area contributed by atoms with Crippen LogP contribution in [0.25, 0.3) is 0 Å². The summed E-state index contributed by atoms with van der Waals surface area (Å²) in [5, 5.41) is 2.72. The van der Waals surface area contributed by atoms with Gasteiger partial charge in [-0.25, -0.2) is 12.8 Å². The van der Waals surface area contributed by atoms with Gasteiger partial charge in [0.05, 0.1) is 16.0 Å². The Labute approximate surface area is 193 Å². The molecule has 0 saturated carbocycles. The second kappa shape index (κ2) is 10.6. The molecule has 3 rings (SSSR count). The first-order valence-electron chi connectivity index (χ1n) is 10.7. The van der Waals surface area contributed by atoms with Gasteiger partial charge in [-0.3, -0.25) is 4.79 Å². The molecule has 0 unspecified atom stereocenters. The highest BCUT2D eigenvalue weighted by molar-refractivity contribution is 7.89. The molecule has 0 bridgehead atoms. The summed E-state index contributed by atoms with van der Waals surface area (Å²) in [5.41, 5.74) is 1.10. The Balaban J connectivity index is 1.46. The molecule has 2 aromatic rings. The van der Waals surface area contributed by atoms with Crippen LogP contribution < -0.4 is 10.1 Å². The van der Waals surface area contributed by atoms with Gasteiger partial charge in [-0.05, 0) is 69.0 Å². The largest absolute Gasteiger partial charge is 0.491 e. The van der Waals surface area contributed by atoms with E-state index in [1.165, 1.54) is 10.4 Å². The Morgan fingerprint density at radius 1 is 1.19 bits per heavy atom. The van der Waals surface area contributed by atoms with Crippen LogP contribution in [0, 0.1) is 11.7 Å². The number of ether oxygens (including phenoxy) is 1. The van der Waals surface area contributed by atoms with E-state index in [1.54, 1.807) is 0 Å². The summed E-state index contributed by atoms with van der Waals surface area (Å²) in [6, 6.07) is 11.2. The van der Waals surface area contributed by atoms with Crippen LogP contribution in [0.4, 0.5) is 4.39 Å². The zero-order chi connectivity index (χ0) is 23.3. The number of halogens is 2. The first-order valence-corrected chi connectivity index (χ1v) is 12.5. The van der Waals surface area contributed by atoms with Gasteiger partial charge < -0.3 is 10.1 Å². The van der Waals surface area contributed by atoms with Gasteiger partial charge in [0, 0.05) is 25.6 Å². The van der Waals surface area contributed by atoms with E-state index in [4.69, 9.17) is 16.3 Å². The molecule has 0 atom stereocenters. The van der Waals surface area contributed by atoms with Crippen molar-refractivity contribution < 1.29 is 22.3 Å². The average Bonchev–Trinajstić information content (AvgIpc) is 2.76. The van der Waals surface area contributed by atoms with E-state index in [1.807, 2.05) is 38.1 Å². The van der Waals surface area contributed by atoms with Crippen molar-refractivity contribution in [1.29, 1.82) is 0 Å². The number of carbonyl (C=O) groups is 1. The lowest BCUT2D eigenvalue weighted by atomic mass is 9.97. The molecule has 1 saturated heterocycles. The van der Waals surface area contributed by atoms with Gasteiger partial charge in [-0.2, -0.15) is 4.31 Å². The van der Waals surface area contributed by atoms with Crippen molar-refractivity contribution >= 4 is 27.5 Å². The van der Waals surface area contributed by atoms with E-state index >= 15 is 0 Å². The average molecular weight is 483 g/mol. The van der Waals surface area contributed by atoms with Crippen molar-refractivity contribution in [3.8, 4) is 5.75 Å². The summed E-state index contributed by atoms with van der Waals surface area (Å²) in [4.78, 5) is 12.5. The molecule has 1 heterocycles. The standard InChI is InChI=1S/C23H28ClFN2O4S/c1-16(2)31-19-5-3-17(4-6-19)9-12-26-23(28)18-10-13-27(14-11-18)32(29,30)20-7-8-22(25)21(24)15-20/h3-8,15-16,18H,9-14H2,1-2H3,(H,26,28). The number of sulfonamides is 1. The van der Waals surface area contributed by atoms with E-state index in [2.05, 4.69) is 5.32 Å². The van der Waals surface area contributed by atoms with Gasteiger partial charge in [0.25, 0.3) is 0 Å². The lowest BCUT2D eigenvalue weighted by Crippen LogP contribution is -2.43. The quantitative estimate of drug-likeness (QED) is 0.616. The third kappa shape index (κ3) is 6.21. The van der Waals surface area contributed by atoms with Gasteiger partial charge in [0.1, 0.15) is 11.6 Å². The van der Waals surface area contributed by atoms with Crippen molar-refractivity contribution in [2.24, 2.45) is 5.92 Å². The molecule has 0 aliphatic carbocycles. The predicted octanol–water partition coefficient (Wildman–Crippen LogP) is 4.03. The van der Waals surface area contributed by atoms with Crippen LogP contribution in [0.2, 0.25) is 5.02 Å². The highest BCUT2D eigenvalue weighted by atomic mass is 35.5. The van der Waals surface area contributed by atoms with Crippen LogP contribution in [-0.2, 0) is 21.2 Å². The molecule has 1 aliphatic rings. The van der Waals surface area contributed by atoms with E-state index in [0.717, 1.165) is 23.4 Å². The number of nitrogens with one attached hydrogen (secondary N) is 1. The number of piperidine rings is 1. The second-order valence-corrected chi connectivity index (χ2v) is 10.5. The number of hydrogen-bond donors (Lipinski definition) is 1. The molecule has 174 valence electrons. The first kappa shape index (κ1) is 24.5. The van der Waals surface area contributed by atoms with Crippen molar-refractivity contribution in [3.63, 3.8) is 0 Å². The molecule has 0 radical (unpaired) electrons. The third-order valence-electron chi connectivity index (χ3n) is 5.36. The summed E-state index contributed by atoms with van der Waals surface area (Å²) in [6.45, 7) is 4.92. The number of hydrogen-bond acceptors (Lipinski definition) is 4. The molecule has 2 aromatic carbocycles. The van der Waals surface area contributed by atoms with Crippen molar-refractivity contribution in [2.75, 3.05) is 19.6 Å². The number of benzene rings is 2. The van der Waals surface area contributed by atoms with Gasteiger partial charge in [-0.1, -0.05) is 23.7 Å². The monoisotopic (exact) mass is 482 g/mol. The first-order chi connectivity index (χ1) is 15.2. The van der Waals surface area contributed by atoms with Crippen LogP contribution in [0.3, 0.4) is 0 Å². The summed E-state index contributed by atoms with van der Waals surface area (Å²) in [5.74, 6) is -0.148. The van der Waals surface area contributed by atoms with Crippen LogP contribution in [0.15, 0.2) is 47.4 Å². The van der Waals surface area contributed by atoms with Crippen molar-refractivity contribution in [3.05, 3.63) is 58.9 Å². The summed E-state index contributed by atoms with van der Waals surface area (Å²) < 4.78 is 45.8. The molecule has 32 heavy (non-hydrogen) atoms. The van der Waals surface area contributed by atoms with Crippen LogP contribution >= 0.6 is 11.6 Å². The Bertz CT molecular complexity index is 1040. The molecule has 0 aromatic heterocycles. The fourth-order valence-corrected chi connectivity index (χ4v) is 5.37. The van der Waals surface area contributed by atoms with E-state index in [0.29, 0.717) is 25.8 Å². The molecule has 1 N–H and O–H groups in total. The summed E-state index contributed by atoms with van der Waals surface area (Å²) in [7, 11) is -3.77. The number of rotatable bonds is 8. The smallest absolute Gasteiger partial charge is 0.243 e. The maximum atomic E-state index is 13.4. The molecule has 6 nitrogen and oxygen atoms in total. The number of amides is 1. The highest BCUT2D eigenvalue weighted by Gasteiger charge is 2.32. The normalized spacial score (nSPS) is 15.7. The van der Waals surface area contributed by atoms with Crippen molar-refractivity contribution in [2.45, 2.75) is 44.1 Å². The van der Waals surface area contributed by atoms with Gasteiger partial charge >= 0.3 is 0 Å². The van der Waals surface area contributed by atoms with Crippen LogP contribution in [0.5, 0.6) is 5.75 Å². The van der Waals surface area contributed by atoms with Crippen LogP contribution in [0.1, 0.15) is 32.3 Å². The minimum atomic E-state index is -3.77. The predicted molar refractivity (Wildman–Crippen MR) is 122 cm³/mol. The zero-order valence-corrected chi connectivity index (χ0v) is 19.8. The van der Waals surface area contributed by atoms with E-state index in [9.17, 15) is 17.6 Å². The van der Waals surface area contributed by atoms with Gasteiger partial charge in [-0.15, -0.1) is 0 Å². The fourth-order valence-electron chi connectivity index (χ4n) is 3.63. The number of carbonyl (C=O) groups excluding carboxylic acids is 1. The van der Waals surface area contributed by atoms with Crippen LogP contribution in [-0.4, -0.2) is 44.4 Å². The minimum Gasteiger partial charge on any atom is -0.491 e. The molecular formula is C23H28ClFN2O4S. The topological polar surface area (TPSA) is 75.7 Å². The lowest BCUT2D eigenvalue weighted by Gasteiger charge is -2.30. The number of nitrogens with zero attached hydrogens (tertiary/aromatic N) is 1. The molecule has 1 amide bonds. The maximum Gasteiger partial charge on any atom is 0.243 e. The summed E-state index contributed by atoms with van der Waals surface area (Å²) >= 11 is 5.73. The second-order valence-electron chi connectivity index (χ2n) is 8.11. The Hall–Kier alpha value is -2.16. The zero-order valence-electron chi connectivity index (χ0n) is 18.2. The third-order valence-corrected chi connectivity index (χ3v) is 7.55. The van der Waals surface area contributed by atoms with E-state index in [-0.39, 0.29) is 40.9 Å². The molecule has 1 aliphatic heterocycles. The Morgan fingerprint density at radius 2 is 1.84 bits per heavy atom. The highest BCUT2D eigenvalue weighted by Crippen LogP contribution is 2.26. The molecular weight excluding hydrogens is 455 g/mol. The van der Waals surface area contributed by atoms with Gasteiger partial charge in [0.15, 0.2) is 0 Å². The molecule has 0 spiro atoms. The molecule has 9 heteroatoms.